The van der Waals surface area contributed by atoms with E-state index in [0.717, 1.165) is 13.1 Å². The fraction of sp³-hybridized carbons (Fsp3) is 0.643. The molecule has 0 amide bonds. The van der Waals surface area contributed by atoms with Gasteiger partial charge in [-0.3, -0.25) is 9.88 Å². The Balaban J connectivity index is 2.76. The molecule has 0 N–H and O–H groups in total. The molecule has 1 rings (SSSR count). The highest BCUT2D eigenvalue weighted by Crippen LogP contribution is 2.15. The van der Waals surface area contributed by atoms with E-state index < -0.39 is 0 Å². The van der Waals surface area contributed by atoms with Gasteiger partial charge in [0.15, 0.2) is 0 Å². The van der Waals surface area contributed by atoms with Gasteiger partial charge < -0.3 is 0 Å². The Kier molecular flexibility index (Phi) is 4.94. The smallest absolute Gasteiger partial charge is 0.0546 e. The van der Waals surface area contributed by atoms with E-state index in [2.05, 4.69) is 56.6 Å². The molecule has 0 aliphatic heterocycles. The quantitative estimate of drug-likeness (QED) is 0.755. The summed E-state index contributed by atoms with van der Waals surface area (Å²) in [6.07, 6.45) is 1.93. The summed E-state index contributed by atoms with van der Waals surface area (Å²) >= 11 is 0. The Morgan fingerprint density at radius 1 is 1.25 bits per heavy atom. The third-order valence-corrected chi connectivity index (χ3v) is 3.01. The Morgan fingerprint density at radius 3 is 2.44 bits per heavy atom. The van der Waals surface area contributed by atoms with Crippen LogP contribution in [-0.4, -0.2) is 22.5 Å². The molecule has 0 aromatic carbocycles. The normalized spacial score (nSPS) is 11.8. The largest absolute Gasteiger partial charge is 0.295 e. The van der Waals surface area contributed by atoms with Crippen LogP contribution in [0.4, 0.5) is 0 Å². The Labute approximate surface area is 99.7 Å². The van der Waals surface area contributed by atoms with Crippen molar-refractivity contribution in [2.75, 3.05) is 6.54 Å². The summed E-state index contributed by atoms with van der Waals surface area (Å²) in [5, 5.41) is 0. The second-order valence-electron chi connectivity index (χ2n) is 4.89. The SMILES string of the molecule is CCN(Cc1cc(C(C)C)ccn1)C(C)C. The average Bonchev–Trinajstić information content (AvgIpc) is 2.25. The van der Waals surface area contributed by atoms with Crippen LogP contribution in [0, 0.1) is 0 Å². The van der Waals surface area contributed by atoms with Gasteiger partial charge in [-0.2, -0.15) is 0 Å². The molecule has 1 aromatic heterocycles. The van der Waals surface area contributed by atoms with Gasteiger partial charge in [-0.15, -0.1) is 0 Å². The second-order valence-corrected chi connectivity index (χ2v) is 4.89. The van der Waals surface area contributed by atoms with E-state index >= 15 is 0 Å². The lowest BCUT2D eigenvalue weighted by atomic mass is 10.0. The van der Waals surface area contributed by atoms with Gasteiger partial charge in [0.2, 0.25) is 0 Å². The fourth-order valence-corrected chi connectivity index (χ4v) is 1.81. The number of hydrogen-bond acceptors (Lipinski definition) is 2. The second kappa shape index (κ2) is 6.00. The lowest BCUT2D eigenvalue weighted by Crippen LogP contribution is -2.30. The monoisotopic (exact) mass is 220 g/mol. The van der Waals surface area contributed by atoms with Gasteiger partial charge in [0.25, 0.3) is 0 Å². The molecule has 0 unspecified atom stereocenters. The van der Waals surface area contributed by atoms with Crippen molar-refractivity contribution >= 4 is 0 Å². The van der Waals surface area contributed by atoms with E-state index in [9.17, 15) is 0 Å². The topological polar surface area (TPSA) is 16.1 Å². The van der Waals surface area contributed by atoms with Crippen LogP contribution in [0.2, 0.25) is 0 Å². The molecule has 0 atom stereocenters. The minimum atomic E-state index is 0.578. The van der Waals surface area contributed by atoms with Crippen molar-refractivity contribution in [3.05, 3.63) is 29.6 Å². The van der Waals surface area contributed by atoms with Crippen LogP contribution in [0.25, 0.3) is 0 Å². The van der Waals surface area contributed by atoms with Crippen LogP contribution in [0.5, 0.6) is 0 Å². The number of nitrogens with zero attached hydrogens (tertiary/aromatic N) is 2. The van der Waals surface area contributed by atoms with Crippen molar-refractivity contribution in [2.45, 2.75) is 53.1 Å². The van der Waals surface area contributed by atoms with Crippen molar-refractivity contribution in [1.82, 2.24) is 9.88 Å². The van der Waals surface area contributed by atoms with Gasteiger partial charge in [-0.25, -0.2) is 0 Å². The average molecular weight is 220 g/mol. The molecular formula is C14H24N2. The van der Waals surface area contributed by atoms with Crippen molar-refractivity contribution in [3.8, 4) is 0 Å². The number of rotatable bonds is 5. The van der Waals surface area contributed by atoms with Crippen LogP contribution < -0.4 is 0 Å². The first-order valence-electron chi connectivity index (χ1n) is 6.23. The summed E-state index contributed by atoms with van der Waals surface area (Å²) in [7, 11) is 0. The van der Waals surface area contributed by atoms with E-state index in [0.29, 0.717) is 12.0 Å². The molecule has 1 heterocycles. The number of hydrogen-bond donors (Lipinski definition) is 0. The Hall–Kier alpha value is -0.890. The maximum atomic E-state index is 4.45. The first-order chi connectivity index (χ1) is 7.54. The first-order valence-corrected chi connectivity index (χ1v) is 6.23. The molecule has 0 spiro atoms. The van der Waals surface area contributed by atoms with Crippen molar-refractivity contribution in [2.24, 2.45) is 0 Å². The van der Waals surface area contributed by atoms with Crippen molar-refractivity contribution < 1.29 is 0 Å². The summed E-state index contributed by atoms with van der Waals surface area (Å²) in [5.41, 5.74) is 2.56. The van der Waals surface area contributed by atoms with Crippen molar-refractivity contribution in [1.29, 1.82) is 0 Å². The molecule has 16 heavy (non-hydrogen) atoms. The molecule has 0 aliphatic carbocycles. The molecule has 0 bridgehead atoms. The highest BCUT2D eigenvalue weighted by molar-refractivity contribution is 5.19. The lowest BCUT2D eigenvalue weighted by molar-refractivity contribution is 0.222. The van der Waals surface area contributed by atoms with Crippen molar-refractivity contribution in [3.63, 3.8) is 0 Å². The first kappa shape index (κ1) is 13.2. The standard InChI is InChI=1S/C14H24N2/c1-6-16(12(4)5)10-14-9-13(11(2)3)7-8-15-14/h7-9,11-12H,6,10H2,1-5H3. The minimum Gasteiger partial charge on any atom is -0.295 e. The fourth-order valence-electron chi connectivity index (χ4n) is 1.81. The maximum absolute atomic E-state index is 4.45. The van der Waals surface area contributed by atoms with E-state index in [4.69, 9.17) is 0 Å². The highest BCUT2D eigenvalue weighted by atomic mass is 15.1. The zero-order chi connectivity index (χ0) is 12.1. The third kappa shape index (κ3) is 3.60. The Morgan fingerprint density at radius 2 is 1.94 bits per heavy atom. The molecule has 0 saturated carbocycles. The molecule has 2 nitrogen and oxygen atoms in total. The van der Waals surface area contributed by atoms with Crippen LogP contribution in [0.1, 0.15) is 51.8 Å². The van der Waals surface area contributed by atoms with Gasteiger partial charge in [0.1, 0.15) is 0 Å². The van der Waals surface area contributed by atoms with Gasteiger partial charge >= 0.3 is 0 Å². The van der Waals surface area contributed by atoms with Gasteiger partial charge in [0, 0.05) is 18.8 Å². The zero-order valence-electron chi connectivity index (χ0n) is 11.2. The van der Waals surface area contributed by atoms with Gasteiger partial charge in [0.05, 0.1) is 5.69 Å². The number of aromatic nitrogens is 1. The van der Waals surface area contributed by atoms with E-state index in [1.54, 1.807) is 0 Å². The summed E-state index contributed by atoms with van der Waals surface area (Å²) in [6, 6.07) is 4.92. The minimum absolute atomic E-state index is 0.578. The molecular weight excluding hydrogens is 196 g/mol. The molecule has 90 valence electrons. The zero-order valence-corrected chi connectivity index (χ0v) is 11.2. The molecule has 2 heteroatoms. The summed E-state index contributed by atoms with van der Waals surface area (Å²) in [5.74, 6) is 0.580. The summed E-state index contributed by atoms with van der Waals surface area (Å²) in [4.78, 5) is 6.87. The maximum Gasteiger partial charge on any atom is 0.0546 e. The number of pyridine rings is 1. The predicted octanol–water partition coefficient (Wildman–Crippen LogP) is 3.44. The van der Waals surface area contributed by atoms with Gasteiger partial charge in [-0.05, 0) is 44.0 Å². The van der Waals surface area contributed by atoms with Crippen LogP contribution in [-0.2, 0) is 6.54 Å². The predicted molar refractivity (Wildman–Crippen MR) is 69.5 cm³/mol. The molecule has 1 aromatic rings. The van der Waals surface area contributed by atoms with E-state index in [-0.39, 0.29) is 0 Å². The van der Waals surface area contributed by atoms with Crippen LogP contribution >= 0.6 is 0 Å². The van der Waals surface area contributed by atoms with Gasteiger partial charge in [-0.1, -0.05) is 20.8 Å². The molecule has 0 aliphatic rings. The third-order valence-electron chi connectivity index (χ3n) is 3.01. The van der Waals surface area contributed by atoms with E-state index in [1.165, 1.54) is 11.3 Å². The van der Waals surface area contributed by atoms with Crippen LogP contribution in [0.3, 0.4) is 0 Å². The summed E-state index contributed by atoms with van der Waals surface area (Å²) in [6.45, 7) is 13.1. The van der Waals surface area contributed by atoms with Crippen LogP contribution in [0.15, 0.2) is 18.3 Å². The molecule has 0 fully saturated rings. The lowest BCUT2D eigenvalue weighted by Gasteiger charge is -2.24. The summed E-state index contributed by atoms with van der Waals surface area (Å²) < 4.78 is 0. The van der Waals surface area contributed by atoms with E-state index in [1.807, 2.05) is 6.20 Å². The molecule has 0 saturated heterocycles. The molecule has 0 radical (unpaired) electrons. The highest BCUT2D eigenvalue weighted by Gasteiger charge is 2.09. The Bertz CT molecular complexity index is 318.